The molecule has 0 aromatic rings. The van der Waals surface area contributed by atoms with Crippen molar-refractivity contribution in [3.63, 3.8) is 0 Å². The van der Waals surface area contributed by atoms with E-state index in [4.69, 9.17) is 5.73 Å². The molecule has 0 saturated carbocycles. The van der Waals surface area contributed by atoms with Crippen LogP contribution >= 0.6 is 0 Å². The molecule has 0 bridgehead atoms. The largest absolute Gasteiger partial charge is 0.383 e. The van der Waals surface area contributed by atoms with Crippen LogP contribution in [0.4, 0.5) is 0 Å². The maximum Gasteiger partial charge on any atom is 0.242 e. The Morgan fingerprint density at radius 2 is 2.27 bits per heavy atom. The first kappa shape index (κ1) is 11.8. The molecule has 3 N–H and O–H groups in total. The highest BCUT2D eigenvalue weighted by molar-refractivity contribution is 5.81. The molecular formula is C9H19N5O. The minimum absolute atomic E-state index is 0.322. The van der Waals surface area contributed by atoms with Gasteiger partial charge in [0.05, 0.1) is 6.54 Å². The van der Waals surface area contributed by atoms with E-state index in [0.717, 1.165) is 11.5 Å². The van der Waals surface area contributed by atoms with Gasteiger partial charge in [0.25, 0.3) is 0 Å². The minimum atomic E-state index is 0.322. The van der Waals surface area contributed by atoms with Crippen LogP contribution in [-0.2, 0) is 0 Å². The van der Waals surface area contributed by atoms with Crippen LogP contribution in [0.2, 0.25) is 0 Å². The molecule has 0 aromatic heterocycles. The number of aliphatic imine (C=N–C) groups is 1. The number of hydrogen-bond donors (Lipinski definition) is 2. The molecule has 86 valence electrons. The first-order chi connectivity index (χ1) is 7.07. The van der Waals surface area contributed by atoms with E-state index in [1.165, 1.54) is 0 Å². The summed E-state index contributed by atoms with van der Waals surface area (Å²) in [6.45, 7) is 3.33. The molecule has 0 aliphatic carbocycles. The zero-order valence-electron chi connectivity index (χ0n) is 9.51. The second-order valence-electron chi connectivity index (χ2n) is 3.55. The molecule has 6 nitrogen and oxygen atoms in total. The van der Waals surface area contributed by atoms with Gasteiger partial charge >= 0.3 is 0 Å². The van der Waals surface area contributed by atoms with Crippen molar-refractivity contribution in [3.05, 3.63) is 11.9 Å². The van der Waals surface area contributed by atoms with Gasteiger partial charge < -0.3 is 5.73 Å². The highest BCUT2D eigenvalue weighted by Gasteiger charge is 2.24. The molecule has 0 saturated heterocycles. The SMILES string of the molecule is CCCN=C1N(O)C(N)=CCN1N(C)C. The second kappa shape index (κ2) is 4.99. The fraction of sp³-hybridized carbons (Fsp3) is 0.667. The molecule has 0 amide bonds. The predicted octanol–water partition coefficient (Wildman–Crippen LogP) is 0.0359. The van der Waals surface area contributed by atoms with Gasteiger partial charge in [-0.15, -0.1) is 0 Å². The van der Waals surface area contributed by atoms with Crippen LogP contribution < -0.4 is 5.73 Å². The third-order valence-corrected chi connectivity index (χ3v) is 2.10. The van der Waals surface area contributed by atoms with E-state index in [1.807, 2.05) is 31.0 Å². The molecule has 0 atom stereocenters. The maximum atomic E-state index is 9.72. The van der Waals surface area contributed by atoms with Crippen molar-refractivity contribution >= 4 is 5.96 Å². The highest BCUT2D eigenvalue weighted by Crippen LogP contribution is 2.09. The topological polar surface area (TPSA) is 68.3 Å². The van der Waals surface area contributed by atoms with Crippen molar-refractivity contribution in [3.8, 4) is 0 Å². The summed E-state index contributed by atoms with van der Waals surface area (Å²) in [6.07, 6.45) is 2.67. The lowest BCUT2D eigenvalue weighted by atomic mass is 10.4. The van der Waals surface area contributed by atoms with Crippen molar-refractivity contribution in [2.75, 3.05) is 27.2 Å². The summed E-state index contributed by atoms with van der Waals surface area (Å²) < 4.78 is 0. The van der Waals surface area contributed by atoms with Gasteiger partial charge in [-0.25, -0.2) is 10.0 Å². The Hall–Kier alpha value is -1.27. The van der Waals surface area contributed by atoms with Gasteiger partial charge in [0.2, 0.25) is 5.96 Å². The summed E-state index contributed by atoms with van der Waals surface area (Å²) >= 11 is 0. The Kier molecular flexibility index (Phi) is 3.93. The number of nitrogens with zero attached hydrogens (tertiary/aromatic N) is 4. The van der Waals surface area contributed by atoms with E-state index < -0.39 is 0 Å². The van der Waals surface area contributed by atoms with Gasteiger partial charge in [-0.3, -0.25) is 10.2 Å². The highest BCUT2D eigenvalue weighted by atomic mass is 16.5. The Morgan fingerprint density at radius 1 is 1.60 bits per heavy atom. The lowest BCUT2D eigenvalue weighted by Crippen LogP contribution is -2.53. The Balaban J connectivity index is 2.89. The summed E-state index contributed by atoms with van der Waals surface area (Å²) in [7, 11) is 3.79. The zero-order chi connectivity index (χ0) is 11.4. The van der Waals surface area contributed by atoms with Crippen molar-refractivity contribution in [2.45, 2.75) is 13.3 Å². The fourth-order valence-electron chi connectivity index (χ4n) is 1.28. The van der Waals surface area contributed by atoms with Crippen molar-refractivity contribution < 1.29 is 5.21 Å². The van der Waals surface area contributed by atoms with Gasteiger partial charge in [-0.05, 0) is 12.5 Å². The molecule has 1 aliphatic rings. The van der Waals surface area contributed by atoms with Crippen LogP contribution in [0.25, 0.3) is 0 Å². The average Bonchev–Trinajstić information content (AvgIpc) is 2.19. The van der Waals surface area contributed by atoms with E-state index in [0.29, 0.717) is 24.9 Å². The first-order valence-electron chi connectivity index (χ1n) is 5.01. The van der Waals surface area contributed by atoms with Crippen LogP contribution in [0, 0.1) is 0 Å². The van der Waals surface area contributed by atoms with Crippen molar-refractivity contribution in [1.82, 2.24) is 15.1 Å². The third-order valence-electron chi connectivity index (χ3n) is 2.10. The predicted molar refractivity (Wildman–Crippen MR) is 58.9 cm³/mol. The van der Waals surface area contributed by atoms with Crippen LogP contribution in [-0.4, -0.2) is 53.4 Å². The Morgan fingerprint density at radius 3 is 2.80 bits per heavy atom. The monoisotopic (exact) mass is 213 g/mol. The minimum Gasteiger partial charge on any atom is -0.383 e. The first-order valence-corrected chi connectivity index (χ1v) is 5.01. The maximum absolute atomic E-state index is 9.72. The molecule has 1 rings (SSSR count). The molecule has 6 heteroatoms. The van der Waals surface area contributed by atoms with E-state index in [1.54, 1.807) is 6.08 Å². The summed E-state index contributed by atoms with van der Waals surface area (Å²) in [5, 5.41) is 14.3. The van der Waals surface area contributed by atoms with Gasteiger partial charge in [-0.1, -0.05) is 6.92 Å². The zero-order valence-corrected chi connectivity index (χ0v) is 9.51. The molecule has 15 heavy (non-hydrogen) atoms. The summed E-state index contributed by atoms with van der Waals surface area (Å²) in [5.74, 6) is 0.796. The molecule has 0 aromatic carbocycles. The van der Waals surface area contributed by atoms with Crippen LogP contribution in [0.3, 0.4) is 0 Å². The molecule has 0 spiro atoms. The van der Waals surface area contributed by atoms with Crippen molar-refractivity contribution in [2.24, 2.45) is 10.7 Å². The number of nitrogens with two attached hydrogens (primary N) is 1. The molecule has 0 fully saturated rings. The number of hydroxylamine groups is 2. The lowest BCUT2D eigenvalue weighted by molar-refractivity contribution is -0.0273. The molecular weight excluding hydrogens is 194 g/mol. The van der Waals surface area contributed by atoms with Gasteiger partial charge in [0.1, 0.15) is 5.82 Å². The number of guanidine groups is 1. The van der Waals surface area contributed by atoms with Gasteiger partial charge in [-0.2, -0.15) is 5.06 Å². The number of rotatable bonds is 3. The number of hydrogen-bond acceptors (Lipinski definition) is 4. The fourth-order valence-corrected chi connectivity index (χ4v) is 1.28. The summed E-state index contributed by atoms with van der Waals surface area (Å²) in [6, 6.07) is 0. The summed E-state index contributed by atoms with van der Waals surface area (Å²) in [5.41, 5.74) is 5.61. The quantitative estimate of drug-likeness (QED) is 0.692. The Labute approximate surface area is 90.2 Å². The number of hydrazine groups is 1. The van der Waals surface area contributed by atoms with Crippen LogP contribution in [0.15, 0.2) is 16.9 Å². The lowest BCUT2D eigenvalue weighted by Gasteiger charge is -2.37. The van der Waals surface area contributed by atoms with E-state index >= 15 is 0 Å². The summed E-state index contributed by atoms with van der Waals surface area (Å²) in [4.78, 5) is 4.29. The molecule has 0 unspecified atom stereocenters. The van der Waals surface area contributed by atoms with Crippen LogP contribution in [0.1, 0.15) is 13.3 Å². The van der Waals surface area contributed by atoms with Gasteiger partial charge in [0.15, 0.2) is 0 Å². The van der Waals surface area contributed by atoms with Crippen LogP contribution in [0.5, 0.6) is 0 Å². The molecule has 0 radical (unpaired) electrons. The standard InChI is InChI=1S/C9H19N5O/c1-4-6-11-9-13(12(2)3)7-5-8(10)14(9)15/h5,15H,4,6-7,10H2,1-3H3. The average molecular weight is 213 g/mol. The molecule has 1 heterocycles. The Bertz CT molecular complexity index is 274. The molecule has 1 aliphatic heterocycles. The van der Waals surface area contributed by atoms with E-state index in [-0.39, 0.29) is 0 Å². The van der Waals surface area contributed by atoms with E-state index in [9.17, 15) is 5.21 Å². The smallest absolute Gasteiger partial charge is 0.242 e. The second-order valence-corrected chi connectivity index (χ2v) is 3.55. The van der Waals surface area contributed by atoms with E-state index in [2.05, 4.69) is 4.99 Å². The third kappa shape index (κ3) is 2.60. The van der Waals surface area contributed by atoms with Gasteiger partial charge in [0, 0.05) is 20.6 Å². The van der Waals surface area contributed by atoms with Crippen molar-refractivity contribution in [1.29, 1.82) is 0 Å². The normalized spacial score (nSPS) is 20.1.